The summed E-state index contributed by atoms with van der Waals surface area (Å²) in [7, 11) is 0. The van der Waals surface area contributed by atoms with Gasteiger partial charge >= 0.3 is 0 Å². The minimum atomic E-state index is 0.782. The Labute approximate surface area is 65.5 Å². The van der Waals surface area contributed by atoms with Crippen molar-refractivity contribution in [2.24, 2.45) is 5.92 Å². The molecule has 52 valence electrons. The fourth-order valence-corrected chi connectivity index (χ4v) is 3.12. The van der Waals surface area contributed by atoms with Gasteiger partial charge in [0.2, 0.25) is 0 Å². The van der Waals surface area contributed by atoms with Gasteiger partial charge in [-0.2, -0.15) is 11.8 Å². The van der Waals surface area contributed by atoms with E-state index in [9.17, 15) is 0 Å². The number of rotatable bonds is 1. The van der Waals surface area contributed by atoms with Crippen molar-refractivity contribution >= 4 is 23.5 Å². The van der Waals surface area contributed by atoms with Gasteiger partial charge in [0.1, 0.15) is 0 Å². The van der Waals surface area contributed by atoms with E-state index in [2.05, 4.69) is 25.5 Å². The van der Waals surface area contributed by atoms with Gasteiger partial charge in [-0.05, 0) is 24.5 Å². The zero-order valence-corrected chi connectivity index (χ0v) is 7.68. The Kier molecular flexibility index (Phi) is 2.53. The zero-order chi connectivity index (χ0) is 6.85. The second kappa shape index (κ2) is 3.02. The standard InChI is InChI=1S/C7H12S2/c1-5-4-9-7(8-3)6(5)2/h4,6-7H,1-3H3/t6-,7+/m1/s1. The molecule has 1 rings (SSSR count). The molecule has 9 heavy (non-hydrogen) atoms. The average molecular weight is 160 g/mol. The molecule has 0 fully saturated rings. The Balaban J connectivity index is 2.51. The van der Waals surface area contributed by atoms with Crippen LogP contribution in [0, 0.1) is 5.92 Å². The van der Waals surface area contributed by atoms with Crippen molar-refractivity contribution in [1.29, 1.82) is 0 Å². The monoisotopic (exact) mass is 160 g/mol. The lowest BCUT2D eigenvalue weighted by atomic mass is 10.1. The van der Waals surface area contributed by atoms with E-state index in [4.69, 9.17) is 0 Å². The van der Waals surface area contributed by atoms with Crippen LogP contribution in [0.1, 0.15) is 13.8 Å². The molecule has 0 bridgehead atoms. The summed E-state index contributed by atoms with van der Waals surface area (Å²) in [6.45, 7) is 4.51. The zero-order valence-electron chi connectivity index (χ0n) is 6.05. The van der Waals surface area contributed by atoms with Crippen molar-refractivity contribution in [2.75, 3.05) is 6.26 Å². The minimum absolute atomic E-state index is 0.782. The highest BCUT2D eigenvalue weighted by Crippen LogP contribution is 2.40. The molecule has 1 aliphatic rings. The minimum Gasteiger partial charge on any atom is -0.150 e. The van der Waals surface area contributed by atoms with E-state index < -0.39 is 0 Å². The molecule has 0 amide bonds. The van der Waals surface area contributed by atoms with Crippen molar-refractivity contribution in [1.82, 2.24) is 0 Å². The molecule has 2 atom stereocenters. The summed E-state index contributed by atoms with van der Waals surface area (Å²) in [5.41, 5.74) is 1.54. The topological polar surface area (TPSA) is 0 Å². The molecule has 0 nitrogen and oxygen atoms in total. The predicted molar refractivity (Wildman–Crippen MR) is 47.8 cm³/mol. The van der Waals surface area contributed by atoms with Gasteiger partial charge in [0, 0.05) is 0 Å². The lowest BCUT2D eigenvalue weighted by molar-refractivity contribution is 0.769. The summed E-state index contributed by atoms with van der Waals surface area (Å²) < 4.78 is 0.782. The van der Waals surface area contributed by atoms with Crippen LogP contribution in [0.5, 0.6) is 0 Å². The van der Waals surface area contributed by atoms with E-state index in [0.29, 0.717) is 0 Å². The molecule has 1 aliphatic heterocycles. The molecule has 0 saturated carbocycles. The fourth-order valence-electron chi connectivity index (χ4n) is 0.874. The van der Waals surface area contributed by atoms with E-state index in [1.165, 1.54) is 0 Å². The summed E-state index contributed by atoms with van der Waals surface area (Å²) in [5.74, 6) is 0.782. The molecule has 0 radical (unpaired) electrons. The Hall–Kier alpha value is 0.440. The van der Waals surface area contributed by atoms with Crippen LogP contribution in [0.15, 0.2) is 11.0 Å². The number of hydrogen-bond donors (Lipinski definition) is 0. The van der Waals surface area contributed by atoms with Crippen LogP contribution in [-0.4, -0.2) is 10.8 Å². The van der Waals surface area contributed by atoms with Gasteiger partial charge in [-0.15, -0.1) is 11.8 Å². The molecule has 0 aromatic heterocycles. The van der Waals surface area contributed by atoms with Gasteiger partial charge in [0.15, 0.2) is 0 Å². The van der Waals surface area contributed by atoms with Crippen molar-refractivity contribution in [2.45, 2.75) is 18.4 Å². The summed E-state index contributed by atoms with van der Waals surface area (Å²) in [4.78, 5) is 0. The maximum atomic E-state index is 2.30. The molecule has 1 heterocycles. The Morgan fingerprint density at radius 1 is 1.67 bits per heavy atom. The third kappa shape index (κ3) is 1.47. The van der Waals surface area contributed by atoms with Gasteiger partial charge < -0.3 is 0 Å². The normalized spacial score (nSPS) is 34.8. The smallest absolute Gasteiger partial charge is 0.0603 e. The lowest BCUT2D eigenvalue weighted by Crippen LogP contribution is -2.04. The van der Waals surface area contributed by atoms with Gasteiger partial charge in [-0.1, -0.05) is 12.5 Å². The maximum absolute atomic E-state index is 2.30. The largest absolute Gasteiger partial charge is 0.150 e. The first kappa shape index (κ1) is 7.55. The van der Waals surface area contributed by atoms with Crippen LogP contribution in [0.3, 0.4) is 0 Å². The summed E-state index contributed by atoms with van der Waals surface area (Å²) in [5, 5.41) is 2.28. The first-order valence-electron chi connectivity index (χ1n) is 3.10. The van der Waals surface area contributed by atoms with Crippen molar-refractivity contribution in [3.05, 3.63) is 11.0 Å². The predicted octanol–water partition coefficient (Wildman–Crippen LogP) is 2.96. The van der Waals surface area contributed by atoms with Gasteiger partial charge in [0.25, 0.3) is 0 Å². The van der Waals surface area contributed by atoms with E-state index in [1.807, 2.05) is 23.5 Å². The van der Waals surface area contributed by atoms with E-state index in [-0.39, 0.29) is 0 Å². The second-order valence-corrected chi connectivity index (χ2v) is 4.68. The molecule has 0 aromatic carbocycles. The van der Waals surface area contributed by atoms with Crippen LogP contribution < -0.4 is 0 Å². The first-order valence-corrected chi connectivity index (χ1v) is 5.33. The summed E-state index contributed by atoms with van der Waals surface area (Å²) in [6.07, 6.45) is 2.18. The molecule has 0 N–H and O–H groups in total. The molecule has 0 aliphatic carbocycles. The van der Waals surface area contributed by atoms with Crippen LogP contribution in [0.2, 0.25) is 0 Å². The fraction of sp³-hybridized carbons (Fsp3) is 0.714. The Bertz CT molecular complexity index is 129. The molecule has 0 aromatic rings. The SMILES string of the molecule is CS[C@H]1SC=C(C)[C@H]1C. The van der Waals surface area contributed by atoms with E-state index >= 15 is 0 Å². The average Bonchev–Trinajstić information content (AvgIpc) is 2.15. The molecule has 0 unspecified atom stereocenters. The van der Waals surface area contributed by atoms with Crippen LogP contribution in [-0.2, 0) is 0 Å². The molecular formula is C7H12S2. The molecule has 0 saturated heterocycles. The van der Waals surface area contributed by atoms with E-state index in [0.717, 1.165) is 10.5 Å². The third-order valence-electron chi connectivity index (χ3n) is 1.75. The van der Waals surface area contributed by atoms with Gasteiger partial charge in [-0.25, -0.2) is 0 Å². The number of hydrogen-bond acceptors (Lipinski definition) is 2. The van der Waals surface area contributed by atoms with Crippen LogP contribution in [0.4, 0.5) is 0 Å². The highest BCUT2D eigenvalue weighted by Gasteiger charge is 2.22. The van der Waals surface area contributed by atoms with Crippen molar-refractivity contribution < 1.29 is 0 Å². The molecule has 0 spiro atoms. The summed E-state index contributed by atoms with van der Waals surface area (Å²) in [6, 6.07) is 0. The third-order valence-corrected chi connectivity index (χ3v) is 4.71. The molecule has 2 heteroatoms. The Morgan fingerprint density at radius 2 is 2.33 bits per heavy atom. The van der Waals surface area contributed by atoms with E-state index in [1.54, 1.807) is 5.57 Å². The quantitative estimate of drug-likeness (QED) is 0.578. The second-order valence-electron chi connectivity index (χ2n) is 2.39. The van der Waals surface area contributed by atoms with Gasteiger partial charge in [0.05, 0.1) is 4.58 Å². The molecular weight excluding hydrogens is 148 g/mol. The maximum Gasteiger partial charge on any atom is 0.0603 e. The summed E-state index contributed by atoms with van der Waals surface area (Å²) >= 11 is 3.91. The van der Waals surface area contributed by atoms with Crippen LogP contribution >= 0.6 is 23.5 Å². The van der Waals surface area contributed by atoms with Crippen molar-refractivity contribution in [3.8, 4) is 0 Å². The lowest BCUT2D eigenvalue weighted by Gasteiger charge is -2.12. The van der Waals surface area contributed by atoms with Crippen LogP contribution in [0.25, 0.3) is 0 Å². The number of thioether (sulfide) groups is 2. The van der Waals surface area contributed by atoms with Gasteiger partial charge in [-0.3, -0.25) is 0 Å². The van der Waals surface area contributed by atoms with Crippen molar-refractivity contribution in [3.63, 3.8) is 0 Å². The Morgan fingerprint density at radius 3 is 2.56 bits per heavy atom. The number of allylic oxidation sites excluding steroid dienone is 1. The first-order chi connectivity index (χ1) is 4.25. The highest BCUT2D eigenvalue weighted by atomic mass is 32.2. The highest BCUT2D eigenvalue weighted by molar-refractivity contribution is 8.18.